The smallest absolute Gasteiger partial charge is 0.314 e. The van der Waals surface area contributed by atoms with Gasteiger partial charge in [0.1, 0.15) is 5.75 Å². The van der Waals surface area contributed by atoms with Crippen molar-refractivity contribution in [3.63, 3.8) is 0 Å². The Morgan fingerprint density at radius 3 is 2.62 bits per heavy atom. The predicted molar refractivity (Wildman–Crippen MR) is 126 cm³/mol. The summed E-state index contributed by atoms with van der Waals surface area (Å²) in [6, 6.07) is 17.0. The highest BCUT2D eigenvalue weighted by Crippen LogP contribution is 2.31. The summed E-state index contributed by atoms with van der Waals surface area (Å²) in [7, 11) is 1.67. The number of fused-ring (bicyclic) bond motifs is 1. The second-order valence-electron chi connectivity index (χ2n) is 8.45. The maximum atomic E-state index is 12.6. The zero-order valence-electron chi connectivity index (χ0n) is 19.0. The molecule has 2 aliphatic rings. The van der Waals surface area contributed by atoms with Crippen molar-refractivity contribution in [2.45, 2.75) is 25.4 Å². The van der Waals surface area contributed by atoms with Gasteiger partial charge in [-0.15, -0.1) is 0 Å². The lowest BCUT2D eigenvalue weighted by molar-refractivity contribution is 0.0167. The summed E-state index contributed by atoms with van der Waals surface area (Å²) in [6.07, 6.45) is 1.06. The Hall–Kier alpha value is -2.77. The van der Waals surface area contributed by atoms with E-state index in [0.717, 1.165) is 37.4 Å². The van der Waals surface area contributed by atoms with Gasteiger partial charge in [-0.25, -0.2) is 4.79 Å². The largest absolute Gasteiger partial charge is 0.497 e. The van der Waals surface area contributed by atoms with Gasteiger partial charge < -0.3 is 25.0 Å². The van der Waals surface area contributed by atoms with Crippen molar-refractivity contribution in [3.8, 4) is 5.75 Å². The van der Waals surface area contributed by atoms with E-state index in [9.17, 15) is 4.79 Å². The number of ether oxygens (including phenoxy) is 2. The minimum Gasteiger partial charge on any atom is -0.497 e. The van der Waals surface area contributed by atoms with Crippen LogP contribution in [0.2, 0.25) is 0 Å². The van der Waals surface area contributed by atoms with E-state index in [2.05, 4.69) is 63.8 Å². The molecule has 4 rings (SSSR count). The summed E-state index contributed by atoms with van der Waals surface area (Å²) < 4.78 is 10.8. The van der Waals surface area contributed by atoms with Crippen molar-refractivity contribution in [1.29, 1.82) is 0 Å². The summed E-state index contributed by atoms with van der Waals surface area (Å²) in [5.41, 5.74) is 3.84. The van der Waals surface area contributed by atoms with E-state index >= 15 is 0 Å². The summed E-state index contributed by atoms with van der Waals surface area (Å²) in [5.74, 6) is 0.831. The first-order chi connectivity index (χ1) is 15.7. The first-order valence-corrected chi connectivity index (χ1v) is 11.5. The molecule has 7 nitrogen and oxygen atoms in total. The van der Waals surface area contributed by atoms with Crippen LogP contribution in [0.25, 0.3) is 0 Å². The lowest BCUT2D eigenvalue weighted by Crippen LogP contribution is -2.47. The molecule has 1 saturated heterocycles. The van der Waals surface area contributed by atoms with Gasteiger partial charge in [0.2, 0.25) is 0 Å². The first-order valence-electron chi connectivity index (χ1n) is 11.5. The van der Waals surface area contributed by atoms with Crippen LogP contribution in [0.1, 0.15) is 24.1 Å². The number of methoxy groups -OCH3 is 1. The van der Waals surface area contributed by atoms with Gasteiger partial charge in [-0.05, 0) is 42.7 Å². The molecule has 2 amide bonds. The van der Waals surface area contributed by atoms with Gasteiger partial charge in [-0.2, -0.15) is 0 Å². The topological polar surface area (TPSA) is 66.1 Å². The average Bonchev–Trinajstić information content (AvgIpc) is 3.15. The number of nitrogens with zero attached hydrogens (tertiary/aromatic N) is 2. The summed E-state index contributed by atoms with van der Waals surface area (Å²) in [6.45, 7) is 7.33. The molecule has 2 atom stereocenters. The lowest BCUT2D eigenvalue weighted by Gasteiger charge is -2.35. The van der Waals surface area contributed by atoms with Crippen LogP contribution in [0.3, 0.4) is 0 Å². The predicted octanol–water partition coefficient (Wildman–Crippen LogP) is 2.82. The highest BCUT2D eigenvalue weighted by molar-refractivity contribution is 5.74. The fraction of sp³-hybridized carbons (Fsp3) is 0.480. The maximum absolute atomic E-state index is 12.6. The van der Waals surface area contributed by atoms with Crippen LogP contribution in [0.4, 0.5) is 10.5 Å². The standard InChI is InChI=1S/C25H34N4O3/c1-19-17-21-5-3-4-6-23(21)29(19)12-11-26-25(30)27-18-24(28-13-15-32-16-14-28)20-7-9-22(31-2)10-8-20/h3-10,19,24H,11-18H2,1-2H3,(H2,26,27,30). The van der Waals surface area contributed by atoms with Crippen LogP contribution < -0.4 is 20.3 Å². The molecule has 7 heteroatoms. The number of rotatable bonds is 8. The molecule has 172 valence electrons. The third-order valence-electron chi connectivity index (χ3n) is 6.43. The molecule has 32 heavy (non-hydrogen) atoms. The Labute approximate surface area is 190 Å². The Bertz CT molecular complexity index is 883. The number of carbonyl (C=O) groups excluding carboxylic acids is 1. The van der Waals surface area contributed by atoms with Crippen molar-refractivity contribution < 1.29 is 14.3 Å². The van der Waals surface area contributed by atoms with Gasteiger partial charge in [0.05, 0.1) is 26.4 Å². The summed E-state index contributed by atoms with van der Waals surface area (Å²) >= 11 is 0. The molecule has 2 heterocycles. The Kier molecular flexibility index (Phi) is 7.50. The fourth-order valence-electron chi connectivity index (χ4n) is 4.69. The number of hydrogen-bond donors (Lipinski definition) is 2. The lowest BCUT2D eigenvalue weighted by atomic mass is 10.0. The van der Waals surface area contributed by atoms with Crippen molar-refractivity contribution in [2.75, 3.05) is 57.9 Å². The zero-order chi connectivity index (χ0) is 22.3. The molecule has 2 unspecified atom stereocenters. The van der Waals surface area contributed by atoms with Crippen LogP contribution in [0.15, 0.2) is 48.5 Å². The number of carbonyl (C=O) groups is 1. The van der Waals surface area contributed by atoms with E-state index in [-0.39, 0.29) is 12.1 Å². The number of morpholine rings is 1. The molecule has 2 aromatic rings. The van der Waals surface area contributed by atoms with Crippen LogP contribution >= 0.6 is 0 Å². The van der Waals surface area contributed by atoms with E-state index in [1.807, 2.05) is 12.1 Å². The third kappa shape index (κ3) is 5.34. The van der Waals surface area contributed by atoms with Crippen molar-refractivity contribution >= 4 is 11.7 Å². The number of nitrogens with one attached hydrogen (secondary N) is 2. The van der Waals surface area contributed by atoms with E-state index in [0.29, 0.717) is 32.3 Å². The van der Waals surface area contributed by atoms with Gasteiger partial charge in [0, 0.05) is 44.5 Å². The van der Waals surface area contributed by atoms with E-state index in [1.54, 1.807) is 7.11 Å². The van der Waals surface area contributed by atoms with Crippen LogP contribution in [0, 0.1) is 0 Å². The Balaban J connectivity index is 1.30. The minimum atomic E-state index is -0.128. The van der Waals surface area contributed by atoms with Crippen LogP contribution in [0.5, 0.6) is 5.75 Å². The molecule has 0 bridgehead atoms. The average molecular weight is 439 g/mol. The monoisotopic (exact) mass is 438 g/mol. The summed E-state index contributed by atoms with van der Waals surface area (Å²) in [5, 5.41) is 6.11. The van der Waals surface area contributed by atoms with Gasteiger partial charge >= 0.3 is 6.03 Å². The first kappa shape index (κ1) is 22.4. The SMILES string of the molecule is COc1ccc(C(CNC(=O)NCCN2c3ccccc3CC2C)N2CCOCC2)cc1. The van der Waals surface area contributed by atoms with Crippen LogP contribution in [-0.4, -0.2) is 70.0 Å². The van der Waals surface area contributed by atoms with Crippen molar-refractivity contribution in [1.82, 2.24) is 15.5 Å². The molecule has 0 spiro atoms. The number of para-hydroxylation sites is 1. The van der Waals surface area contributed by atoms with Crippen molar-refractivity contribution in [2.24, 2.45) is 0 Å². The molecule has 2 aromatic carbocycles. The molecule has 0 radical (unpaired) electrons. The number of benzene rings is 2. The van der Waals surface area contributed by atoms with Crippen LogP contribution in [-0.2, 0) is 11.2 Å². The highest BCUT2D eigenvalue weighted by Gasteiger charge is 2.25. The van der Waals surface area contributed by atoms with E-state index in [4.69, 9.17) is 9.47 Å². The van der Waals surface area contributed by atoms with Gasteiger partial charge in [0.25, 0.3) is 0 Å². The third-order valence-corrected chi connectivity index (χ3v) is 6.43. The number of urea groups is 1. The fourth-order valence-corrected chi connectivity index (χ4v) is 4.69. The van der Waals surface area contributed by atoms with Gasteiger partial charge in [-0.1, -0.05) is 30.3 Å². The normalized spacial score (nSPS) is 19.3. The molecule has 1 fully saturated rings. The van der Waals surface area contributed by atoms with Gasteiger partial charge in [0.15, 0.2) is 0 Å². The van der Waals surface area contributed by atoms with E-state index in [1.165, 1.54) is 11.3 Å². The molecule has 0 aromatic heterocycles. The molecule has 2 N–H and O–H groups in total. The molecule has 0 aliphatic carbocycles. The quantitative estimate of drug-likeness (QED) is 0.664. The maximum Gasteiger partial charge on any atom is 0.314 e. The zero-order valence-corrected chi connectivity index (χ0v) is 19.0. The highest BCUT2D eigenvalue weighted by atomic mass is 16.5. The molecular weight excluding hydrogens is 404 g/mol. The number of hydrogen-bond acceptors (Lipinski definition) is 5. The number of anilines is 1. The molecular formula is C25H34N4O3. The Morgan fingerprint density at radius 1 is 1.12 bits per heavy atom. The van der Waals surface area contributed by atoms with Gasteiger partial charge in [-0.3, -0.25) is 4.90 Å². The number of amides is 2. The molecule has 2 aliphatic heterocycles. The molecule has 0 saturated carbocycles. The second kappa shape index (κ2) is 10.7. The minimum absolute atomic E-state index is 0.0982. The summed E-state index contributed by atoms with van der Waals surface area (Å²) in [4.78, 5) is 17.3. The van der Waals surface area contributed by atoms with E-state index < -0.39 is 0 Å². The second-order valence-corrected chi connectivity index (χ2v) is 8.45. The Morgan fingerprint density at radius 2 is 1.88 bits per heavy atom. The van der Waals surface area contributed by atoms with Crippen molar-refractivity contribution in [3.05, 3.63) is 59.7 Å².